The van der Waals surface area contributed by atoms with Crippen molar-refractivity contribution in [3.05, 3.63) is 18.3 Å². The number of ether oxygens (including phenoxy) is 1. The molecule has 5 heteroatoms. The van der Waals surface area contributed by atoms with Crippen molar-refractivity contribution in [1.29, 1.82) is 0 Å². The van der Waals surface area contributed by atoms with E-state index in [1.807, 2.05) is 12.1 Å². The fourth-order valence-corrected chi connectivity index (χ4v) is 1.95. The van der Waals surface area contributed by atoms with Crippen LogP contribution in [0.1, 0.15) is 12.8 Å². The van der Waals surface area contributed by atoms with Gasteiger partial charge in [-0.25, -0.2) is 0 Å². The summed E-state index contributed by atoms with van der Waals surface area (Å²) >= 11 is 0. The van der Waals surface area contributed by atoms with Crippen molar-refractivity contribution in [2.24, 2.45) is 5.92 Å². The van der Waals surface area contributed by atoms with Gasteiger partial charge in [0.1, 0.15) is 0 Å². The first kappa shape index (κ1) is 11.3. The van der Waals surface area contributed by atoms with Crippen LogP contribution in [0.3, 0.4) is 0 Å². The number of anilines is 2. The molecule has 1 saturated carbocycles. The van der Waals surface area contributed by atoms with Gasteiger partial charge in [0, 0.05) is 18.5 Å². The van der Waals surface area contributed by atoms with Crippen LogP contribution < -0.4 is 11.1 Å². The number of nitrogens with one attached hydrogen (secondary N) is 2. The minimum atomic E-state index is 0.719. The standard InChI is InChI=1S/C13H18N4O/c14-11-5-10-7-16-17-12(10)6-13(11)15-3-4-18-8-9-1-2-9/h5-7,9,15H,1-4,8,14H2,(H,16,17). The molecule has 0 atom stereocenters. The predicted molar refractivity (Wildman–Crippen MR) is 72.5 cm³/mol. The van der Waals surface area contributed by atoms with Gasteiger partial charge in [0.15, 0.2) is 0 Å². The molecule has 96 valence electrons. The van der Waals surface area contributed by atoms with Crippen molar-refractivity contribution in [3.63, 3.8) is 0 Å². The van der Waals surface area contributed by atoms with E-state index >= 15 is 0 Å². The van der Waals surface area contributed by atoms with Crippen LogP contribution in [0.2, 0.25) is 0 Å². The lowest BCUT2D eigenvalue weighted by atomic mass is 10.2. The highest BCUT2D eigenvalue weighted by Gasteiger charge is 2.20. The van der Waals surface area contributed by atoms with Crippen LogP contribution in [0.4, 0.5) is 11.4 Å². The average molecular weight is 246 g/mol. The largest absolute Gasteiger partial charge is 0.397 e. The number of rotatable bonds is 6. The van der Waals surface area contributed by atoms with Gasteiger partial charge in [-0.15, -0.1) is 0 Å². The van der Waals surface area contributed by atoms with Crippen LogP contribution >= 0.6 is 0 Å². The maximum atomic E-state index is 5.97. The summed E-state index contributed by atoms with van der Waals surface area (Å²) < 4.78 is 5.57. The highest BCUT2D eigenvalue weighted by molar-refractivity contribution is 5.88. The SMILES string of the molecule is Nc1cc2cn[nH]c2cc1NCCOCC1CC1. The molecule has 1 aliphatic rings. The van der Waals surface area contributed by atoms with E-state index in [0.717, 1.165) is 48.0 Å². The third-order valence-corrected chi connectivity index (χ3v) is 3.22. The Labute approximate surface area is 106 Å². The van der Waals surface area contributed by atoms with Crippen molar-refractivity contribution in [3.8, 4) is 0 Å². The summed E-state index contributed by atoms with van der Waals surface area (Å²) in [5.74, 6) is 0.816. The quantitative estimate of drug-likeness (QED) is 0.538. The Morgan fingerprint density at radius 2 is 2.33 bits per heavy atom. The Bertz CT molecular complexity index is 533. The van der Waals surface area contributed by atoms with Crippen molar-refractivity contribution >= 4 is 22.3 Å². The molecule has 0 unspecified atom stereocenters. The summed E-state index contributed by atoms with van der Waals surface area (Å²) in [7, 11) is 0. The number of H-pyrrole nitrogens is 1. The molecule has 3 rings (SSSR count). The van der Waals surface area contributed by atoms with Gasteiger partial charge in [0.2, 0.25) is 0 Å². The van der Waals surface area contributed by atoms with E-state index in [1.165, 1.54) is 12.8 Å². The van der Waals surface area contributed by atoms with Crippen LogP contribution in [0.25, 0.3) is 10.9 Å². The number of fused-ring (bicyclic) bond motifs is 1. The summed E-state index contributed by atoms with van der Waals surface area (Å²) in [5, 5.41) is 11.2. The molecule has 0 amide bonds. The minimum Gasteiger partial charge on any atom is -0.397 e. The monoisotopic (exact) mass is 246 g/mol. The van der Waals surface area contributed by atoms with E-state index in [1.54, 1.807) is 6.20 Å². The minimum absolute atomic E-state index is 0.719. The molecule has 5 nitrogen and oxygen atoms in total. The first-order chi connectivity index (χ1) is 8.83. The summed E-state index contributed by atoms with van der Waals surface area (Å²) in [5.41, 5.74) is 8.64. The number of aromatic nitrogens is 2. The van der Waals surface area contributed by atoms with Crippen molar-refractivity contribution < 1.29 is 4.74 Å². The number of nitrogen functional groups attached to an aromatic ring is 1. The highest BCUT2D eigenvalue weighted by atomic mass is 16.5. The van der Waals surface area contributed by atoms with Gasteiger partial charge >= 0.3 is 0 Å². The molecule has 0 spiro atoms. The number of aromatic amines is 1. The molecular formula is C13H18N4O. The first-order valence-corrected chi connectivity index (χ1v) is 6.37. The van der Waals surface area contributed by atoms with Crippen LogP contribution in [0.15, 0.2) is 18.3 Å². The molecule has 0 bridgehead atoms. The fraction of sp³-hybridized carbons (Fsp3) is 0.462. The van der Waals surface area contributed by atoms with Crippen LogP contribution in [0.5, 0.6) is 0 Å². The Kier molecular flexibility index (Phi) is 3.06. The summed E-state index contributed by atoms with van der Waals surface area (Å²) in [6, 6.07) is 3.91. The van der Waals surface area contributed by atoms with Gasteiger partial charge < -0.3 is 15.8 Å². The normalized spacial score (nSPS) is 15.1. The molecule has 1 aromatic carbocycles. The lowest BCUT2D eigenvalue weighted by Crippen LogP contribution is -2.11. The third kappa shape index (κ3) is 2.56. The summed E-state index contributed by atoms with van der Waals surface area (Å²) in [6.45, 7) is 2.39. The Balaban J connectivity index is 1.54. The zero-order chi connectivity index (χ0) is 12.4. The number of nitrogens with zero attached hydrogens (tertiary/aromatic N) is 1. The lowest BCUT2D eigenvalue weighted by Gasteiger charge is -2.09. The molecule has 1 fully saturated rings. The number of hydrogen-bond acceptors (Lipinski definition) is 4. The van der Waals surface area contributed by atoms with Crippen molar-refractivity contribution in [2.45, 2.75) is 12.8 Å². The third-order valence-electron chi connectivity index (χ3n) is 3.22. The molecule has 1 aromatic heterocycles. The summed E-state index contributed by atoms with van der Waals surface area (Å²) in [4.78, 5) is 0. The molecular weight excluding hydrogens is 228 g/mol. The molecule has 0 saturated heterocycles. The second-order valence-corrected chi connectivity index (χ2v) is 4.84. The Morgan fingerprint density at radius 1 is 1.44 bits per heavy atom. The zero-order valence-electron chi connectivity index (χ0n) is 10.3. The van der Waals surface area contributed by atoms with E-state index in [-0.39, 0.29) is 0 Å². The maximum Gasteiger partial charge on any atom is 0.0672 e. The number of benzene rings is 1. The van der Waals surface area contributed by atoms with Gasteiger partial charge in [0.05, 0.1) is 29.7 Å². The van der Waals surface area contributed by atoms with E-state index in [2.05, 4.69) is 15.5 Å². The van der Waals surface area contributed by atoms with Gasteiger partial charge in [-0.1, -0.05) is 0 Å². The number of nitrogens with two attached hydrogens (primary N) is 1. The van der Waals surface area contributed by atoms with Crippen LogP contribution in [-0.2, 0) is 4.74 Å². The Morgan fingerprint density at radius 3 is 3.17 bits per heavy atom. The molecule has 2 aromatic rings. The smallest absolute Gasteiger partial charge is 0.0672 e. The highest BCUT2D eigenvalue weighted by Crippen LogP contribution is 2.28. The van der Waals surface area contributed by atoms with E-state index in [9.17, 15) is 0 Å². The van der Waals surface area contributed by atoms with Crippen molar-refractivity contribution in [1.82, 2.24) is 10.2 Å². The lowest BCUT2D eigenvalue weighted by molar-refractivity contribution is 0.134. The molecule has 18 heavy (non-hydrogen) atoms. The second kappa shape index (κ2) is 4.86. The van der Waals surface area contributed by atoms with Gasteiger partial charge in [-0.2, -0.15) is 5.10 Å². The van der Waals surface area contributed by atoms with Gasteiger partial charge in [-0.3, -0.25) is 5.10 Å². The average Bonchev–Trinajstić information content (AvgIpc) is 3.07. The van der Waals surface area contributed by atoms with E-state index in [0.29, 0.717) is 0 Å². The van der Waals surface area contributed by atoms with Gasteiger partial charge in [-0.05, 0) is 30.9 Å². The van der Waals surface area contributed by atoms with Crippen LogP contribution in [-0.4, -0.2) is 30.0 Å². The molecule has 4 N–H and O–H groups in total. The molecule has 0 radical (unpaired) electrons. The molecule has 1 heterocycles. The molecule has 0 aliphatic heterocycles. The second-order valence-electron chi connectivity index (χ2n) is 4.84. The van der Waals surface area contributed by atoms with Crippen molar-refractivity contribution in [2.75, 3.05) is 30.8 Å². The number of hydrogen-bond donors (Lipinski definition) is 3. The van der Waals surface area contributed by atoms with E-state index in [4.69, 9.17) is 10.5 Å². The molecule has 1 aliphatic carbocycles. The zero-order valence-corrected chi connectivity index (χ0v) is 10.3. The Hall–Kier alpha value is -1.75. The maximum absolute atomic E-state index is 5.97. The fourth-order valence-electron chi connectivity index (χ4n) is 1.95. The van der Waals surface area contributed by atoms with E-state index < -0.39 is 0 Å². The van der Waals surface area contributed by atoms with Gasteiger partial charge in [0.25, 0.3) is 0 Å². The van der Waals surface area contributed by atoms with Crippen LogP contribution in [0, 0.1) is 5.92 Å². The first-order valence-electron chi connectivity index (χ1n) is 6.37. The predicted octanol–water partition coefficient (Wildman–Crippen LogP) is 1.98. The topological polar surface area (TPSA) is 76.0 Å². The summed E-state index contributed by atoms with van der Waals surface area (Å²) in [6.07, 6.45) is 4.43.